The Hall–Kier alpha value is -4.21. The Bertz CT molecular complexity index is 1620. The van der Waals surface area contributed by atoms with Gasteiger partial charge in [0.25, 0.3) is 5.69 Å². The molecule has 41 heavy (non-hydrogen) atoms. The summed E-state index contributed by atoms with van der Waals surface area (Å²) in [6.45, 7) is 8.73. The summed E-state index contributed by atoms with van der Waals surface area (Å²) >= 11 is 0. The second-order valence-electron chi connectivity index (χ2n) is 11.4. The molecule has 1 aliphatic rings. The predicted molar refractivity (Wildman–Crippen MR) is 155 cm³/mol. The first-order chi connectivity index (χ1) is 19.6. The molecule has 2 aromatic heterocycles. The fraction of sp³-hybridized carbons (Fsp3) is 0.452. The maximum atomic E-state index is 13.1. The number of fused-ring (bicyclic) bond motifs is 2. The summed E-state index contributed by atoms with van der Waals surface area (Å²) < 4.78 is 20.3. The van der Waals surface area contributed by atoms with Crippen LogP contribution in [0.1, 0.15) is 80.8 Å². The summed E-state index contributed by atoms with van der Waals surface area (Å²) in [5, 5.41) is 20.2. The molecular weight excluding hydrogens is 524 g/mol. The molecule has 1 aliphatic heterocycles. The molecule has 2 aromatic carbocycles. The minimum absolute atomic E-state index is 0.0377. The number of rotatable bonds is 11. The molecular formula is C31H36N4O6. The SMILES string of the molecule is CCCCCCc1c(C)c2cc3c(c(OCc4cn(Cc5ccc([N+](=O)[O-])cc5)nn4)c2oc1=O)OC(C)(C)CC3. The highest BCUT2D eigenvalue weighted by Crippen LogP contribution is 2.45. The number of non-ortho nitro benzene ring substituents is 1. The molecule has 216 valence electrons. The summed E-state index contributed by atoms with van der Waals surface area (Å²) in [5.41, 5.74) is 3.83. The number of benzene rings is 2. The smallest absolute Gasteiger partial charge is 0.339 e. The van der Waals surface area contributed by atoms with Crippen LogP contribution in [0.15, 0.2) is 45.7 Å². The van der Waals surface area contributed by atoms with Gasteiger partial charge in [-0.15, -0.1) is 5.10 Å². The Morgan fingerprint density at radius 2 is 1.95 bits per heavy atom. The van der Waals surface area contributed by atoms with E-state index < -0.39 is 4.92 Å². The van der Waals surface area contributed by atoms with E-state index in [2.05, 4.69) is 23.3 Å². The number of unbranched alkanes of at least 4 members (excludes halogenated alkanes) is 3. The summed E-state index contributed by atoms with van der Waals surface area (Å²) in [7, 11) is 0. The van der Waals surface area contributed by atoms with Crippen LogP contribution in [0.4, 0.5) is 5.69 Å². The number of nitro groups is 1. The molecule has 0 atom stereocenters. The summed E-state index contributed by atoms with van der Waals surface area (Å²) in [6, 6.07) is 8.41. The van der Waals surface area contributed by atoms with E-state index in [0.29, 0.717) is 35.7 Å². The van der Waals surface area contributed by atoms with Gasteiger partial charge in [-0.3, -0.25) is 10.1 Å². The number of hydrogen-bond acceptors (Lipinski definition) is 8. The third kappa shape index (κ3) is 6.26. The molecule has 0 unspecified atom stereocenters. The average Bonchev–Trinajstić information content (AvgIpc) is 3.38. The molecule has 0 fully saturated rings. The molecule has 0 saturated carbocycles. The molecule has 3 heterocycles. The van der Waals surface area contributed by atoms with E-state index in [-0.39, 0.29) is 23.5 Å². The van der Waals surface area contributed by atoms with Crippen molar-refractivity contribution in [2.75, 3.05) is 0 Å². The second-order valence-corrected chi connectivity index (χ2v) is 11.4. The fourth-order valence-electron chi connectivity index (χ4n) is 5.27. The molecule has 0 N–H and O–H groups in total. The van der Waals surface area contributed by atoms with E-state index in [1.807, 2.05) is 20.8 Å². The van der Waals surface area contributed by atoms with Crippen LogP contribution in [0.2, 0.25) is 0 Å². The second kappa shape index (κ2) is 11.7. The molecule has 10 nitrogen and oxygen atoms in total. The van der Waals surface area contributed by atoms with Crippen LogP contribution in [0, 0.1) is 17.0 Å². The fourth-order valence-corrected chi connectivity index (χ4v) is 5.27. The lowest BCUT2D eigenvalue weighted by atomic mass is 9.91. The van der Waals surface area contributed by atoms with Gasteiger partial charge in [-0.1, -0.05) is 43.5 Å². The molecule has 0 amide bonds. The van der Waals surface area contributed by atoms with Gasteiger partial charge in [0.2, 0.25) is 5.75 Å². The first-order valence-corrected chi connectivity index (χ1v) is 14.2. The number of ether oxygens (including phenoxy) is 2. The third-order valence-electron chi connectivity index (χ3n) is 7.66. The van der Waals surface area contributed by atoms with Crippen molar-refractivity contribution in [2.45, 2.75) is 91.4 Å². The lowest BCUT2D eigenvalue weighted by molar-refractivity contribution is -0.384. The maximum Gasteiger partial charge on any atom is 0.339 e. The van der Waals surface area contributed by atoms with E-state index in [4.69, 9.17) is 13.9 Å². The van der Waals surface area contributed by atoms with E-state index in [9.17, 15) is 14.9 Å². The predicted octanol–water partition coefficient (Wildman–Crippen LogP) is 6.45. The van der Waals surface area contributed by atoms with Crippen molar-refractivity contribution >= 4 is 16.7 Å². The van der Waals surface area contributed by atoms with Crippen LogP contribution in [-0.2, 0) is 26.0 Å². The molecule has 0 aliphatic carbocycles. The lowest BCUT2D eigenvalue weighted by Crippen LogP contribution is -2.33. The summed E-state index contributed by atoms with van der Waals surface area (Å²) in [4.78, 5) is 23.6. The van der Waals surface area contributed by atoms with Crippen LogP contribution in [-0.4, -0.2) is 25.5 Å². The number of aryl methyl sites for hydroxylation is 2. The molecule has 0 saturated heterocycles. The lowest BCUT2D eigenvalue weighted by Gasteiger charge is -2.33. The van der Waals surface area contributed by atoms with Crippen molar-refractivity contribution < 1.29 is 18.8 Å². The van der Waals surface area contributed by atoms with Crippen LogP contribution in [0.3, 0.4) is 0 Å². The Labute approximate surface area is 238 Å². The zero-order chi connectivity index (χ0) is 29.1. The molecule has 0 bridgehead atoms. The van der Waals surface area contributed by atoms with Crippen LogP contribution >= 0.6 is 0 Å². The number of nitro benzene ring substituents is 1. The third-order valence-corrected chi connectivity index (χ3v) is 7.66. The van der Waals surface area contributed by atoms with Crippen molar-refractivity contribution in [3.63, 3.8) is 0 Å². The van der Waals surface area contributed by atoms with Gasteiger partial charge < -0.3 is 13.9 Å². The van der Waals surface area contributed by atoms with Gasteiger partial charge in [-0.05, 0) is 69.2 Å². The van der Waals surface area contributed by atoms with E-state index in [1.165, 1.54) is 12.1 Å². The summed E-state index contributed by atoms with van der Waals surface area (Å²) in [6.07, 6.45) is 8.46. The zero-order valence-electron chi connectivity index (χ0n) is 24.1. The molecule has 4 aromatic rings. The standard InChI is InChI=1S/C31H36N4O6/c1-5-6-7-8-9-25-20(2)26-16-22-14-15-31(3,4)41-27(22)29(28(26)40-30(25)36)39-19-23-18-34(33-32-23)17-21-10-12-24(13-11-21)35(37)38/h10-13,16,18H,5-9,14-15,17,19H2,1-4H3. The van der Waals surface area contributed by atoms with E-state index in [1.54, 1.807) is 23.0 Å². The highest BCUT2D eigenvalue weighted by atomic mass is 16.6. The normalized spacial score (nSPS) is 14.0. The van der Waals surface area contributed by atoms with Crippen molar-refractivity contribution in [2.24, 2.45) is 0 Å². The first kappa shape index (κ1) is 28.3. The summed E-state index contributed by atoms with van der Waals surface area (Å²) in [5.74, 6) is 1.01. The van der Waals surface area contributed by atoms with Gasteiger partial charge in [-0.25, -0.2) is 9.48 Å². The van der Waals surface area contributed by atoms with Gasteiger partial charge >= 0.3 is 5.63 Å². The van der Waals surface area contributed by atoms with Crippen molar-refractivity contribution in [1.82, 2.24) is 15.0 Å². The zero-order valence-corrected chi connectivity index (χ0v) is 24.1. The van der Waals surface area contributed by atoms with Gasteiger partial charge in [-0.2, -0.15) is 0 Å². The van der Waals surface area contributed by atoms with Crippen LogP contribution in [0.25, 0.3) is 11.0 Å². The topological polar surface area (TPSA) is 123 Å². The molecule has 0 spiro atoms. The van der Waals surface area contributed by atoms with Crippen LogP contribution in [0.5, 0.6) is 11.5 Å². The quantitative estimate of drug-likeness (QED) is 0.0887. The monoisotopic (exact) mass is 560 g/mol. The first-order valence-electron chi connectivity index (χ1n) is 14.2. The molecule has 0 radical (unpaired) electrons. The van der Waals surface area contributed by atoms with Crippen molar-refractivity contribution in [1.29, 1.82) is 0 Å². The highest BCUT2D eigenvalue weighted by Gasteiger charge is 2.32. The number of hydrogen-bond donors (Lipinski definition) is 0. The number of aromatic nitrogens is 3. The van der Waals surface area contributed by atoms with Crippen molar-refractivity contribution in [3.05, 3.63) is 85.0 Å². The van der Waals surface area contributed by atoms with Gasteiger partial charge in [0.1, 0.15) is 17.9 Å². The Kier molecular flexibility index (Phi) is 8.10. The molecule has 10 heteroatoms. The largest absolute Gasteiger partial charge is 0.484 e. The van der Waals surface area contributed by atoms with Crippen molar-refractivity contribution in [3.8, 4) is 11.5 Å². The Morgan fingerprint density at radius 3 is 2.68 bits per heavy atom. The molecule has 5 rings (SSSR count). The Balaban J connectivity index is 1.43. The maximum absolute atomic E-state index is 13.1. The minimum atomic E-state index is -0.427. The van der Waals surface area contributed by atoms with Gasteiger partial charge in [0.05, 0.1) is 17.7 Å². The van der Waals surface area contributed by atoms with Gasteiger partial charge in [0, 0.05) is 23.1 Å². The van der Waals surface area contributed by atoms with Gasteiger partial charge in [0.15, 0.2) is 11.3 Å². The van der Waals surface area contributed by atoms with Crippen LogP contribution < -0.4 is 15.1 Å². The van der Waals surface area contributed by atoms with E-state index >= 15 is 0 Å². The minimum Gasteiger partial charge on any atom is -0.484 e. The average molecular weight is 561 g/mol. The Morgan fingerprint density at radius 1 is 1.17 bits per heavy atom. The van der Waals surface area contributed by atoms with E-state index in [0.717, 1.165) is 66.2 Å². The highest BCUT2D eigenvalue weighted by molar-refractivity contribution is 5.90. The number of nitrogens with zero attached hydrogens (tertiary/aromatic N) is 4.